The van der Waals surface area contributed by atoms with E-state index in [1.165, 1.54) is 48.3 Å². The summed E-state index contributed by atoms with van der Waals surface area (Å²) in [5, 5.41) is 1.79. The number of benzene rings is 2. The third-order valence-electron chi connectivity index (χ3n) is 6.71. The molecule has 0 spiro atoms. The van der Waals surface area contributed by atoms with Crippen LogP contribution in [0.25, 0.3) is 0 Å². The van der Waals surface area contributed by atoms with Crippen molar-refractivity contribution in [2.45, 2.75) is 38.5 Å². The Morgan fingerprint density at radius 2 is 1.69 bits per heavy atom. The zero-order valence-corrected chi connectivity index (χ0v) is 20.4. The van der Waals surface area contributed by atoms with E-state index in [1.807, 2.05) is 12.1 Å². The Morgan fingerprint density at radius 1 is 0.969 bits per heavy atom. The van der Waals surface area contributed by atoms with Crippen LogP contribution in [0.15, 0.2) is 42.5 Å². The normalized spacial score (nSPS) is 22.2. The number of aryl methyl sites for hydroxylation is 1. The maximum absolute atomic E-state index is 14.7. The van der Waals surface area contributed by atoms with Crippen molar-refractivity contribution in [3.63, 3.8) is 0 Å². The van der Waals surface area contributed by atoms with Crippen LogP contribution in [0.5, 0.6) is 0 Å². The van der Waals surface area contributed by atoms with Gasteiger partial charge in [-0.3, -0.25) is 4.79 Å². The van der Waals surface area contributed by atoms with Crippen LogP contribution in [0.3, 0.4) is 0 Å². The fourth-order valence-electron chi connectivity index (χ4n) is 4.70. The van der Waals surface area contributed by atoms with E-state index < -0.39 is 0 Å². The number of alkyl halides is 1. The first-order chi connectivity index (χ1) is 15.5. The van der Waals surface area contributed by atoms with E-state index in [0.717, 1.165) is 30.2 Å². The van der Waals surface area contributed by atoms with Crippen molar-refractivity contribution in [3.05, 3.63) is 59.7 Å². The molecule has 2 aromatic carbocycles. The van der Waals surface area contributed by atoms with Gasteiger partial charge in [-0.2, -0.15) is 0 Å². The molecule has 2 aliphatic rings. The Bertz CT molecular complexity index is 916. The highest BCUT2D eigenvalue weighted by molar-refractivity contribution is 14.1. The predicted octanol–water partition coefficient (Wildman–Crippen LogP) is 5.81. The lowest BCUT2D eigenvalue weighted by Gasteiger charge is -2.34. The number of nitrogens with zero attached hydrogens (tertiary/aromatic N) is 2. The molecule has 2 aromatic rings. The molecule has 0 unspecified atom stereocenters. The molecular formula is C25H30F2IN3O. The van der Waals surface area contributed by atoms with Crippen LogP contribution in [0.1, 0.15) is 37.7 Å². The van der Waals surface area contributed by atoms with Crippen LogP contribution in [0.4, 0.5) is 20.2 Å². The molecule has 172 valence electrons. The Kier molecular flexibility index (Phi) is 7.99. The van der Waals surface area contributed by atoms with Gasteiger partial charge < -0.3 is 10.3 Å². The van der Waals surface area contributed by atoms with Crippen molar-refractivity contribution in [3.8, 4) is 0 Å². The minimum atomic E-state index is -0.324. The van der Waals surface area contributed by atoms with Gasteiger partial charge in [0, 0.05) is 23.2 Å². The Labute approximate surface area is 202 Å². The second-order valence-corrected chi connectivity index (χ2v) is 9.82. The molecule has 1 N–H and O–H groups in total. The molecule has 1 aliphatic heterocycles. The van der Waals surface area contributed by atoms with Gasteiger partial charge in [0.15, 0.2) is 0 Å². The highest BCUT2D eigenvalue weighted by Crippen LogP contribution is 2.33. The quantitative estimate of drug-likeness (QED) is 0.347. The number of hydrogen-bond donors (Lipinski definition) is 1. The summed E-state index contributed by atoms with van der Waals surface area (Å²) in [4.78, 5) is 14.2. The number of piperazine rings is 1. The van der Waals surface area contributed by atoms with Crippen LogP contribution < -0.4 is 10.3 Å². The van der Waals surface area contributed by atoms with Crippen LogP contribution in [0.2, 0.25) is 0 Å². The third kappa shape index (κ3) is 5.98. The predicted molar refractivity (Wildman–Crippen MR) is 133 cm³/mol. The molecule has 4 nitrogen and oxygen atoms in total. The number of hydrogen-bond acceptors (Lipinski definition) is 3. The molecular weight excluding hydrogens is 523 g/mol. The highest BCUT2D eigenvalue weighted by atomic mass is 127. The smallest absolute Gasteiger partial charge is 0.243 e. The van der Waals surface area contributed by atoms with Crippen molar-refractivity contribution in [1.29, 1.82) is 0 Å². The van der Waals surface area contributed by atoms with E-state index in [0.29, 0.717) is 24.5 Å². The molecule has 0 aromatic heterocycles. The molecule has 1 saturated heterocycles. The minimum absolute atomic E-state index is 0.0789. The van der Waals surface area contributed by atoms with Gasteiger partial charge in [-0.05, 0) is 79.5 Å². The molecule has 1 aliphatic carbocycles. The lowest BCUT2D eigenvalue weighted by atomic mass is 9.80. The van der Waals surface area contributed by atoms with E-state index in [9.17, 15) is 13.6 Å². The van der Waals surface area contributed by atoms with Crippen molar-refractivity contribution in [2.75, 3.05) is 34.4 Å². The number of amides is 1. The standard InChI is InChI=1S/C25H30F2IN3O/c26-21-8-11-23(12-9-21)31-14-13-30(17-25(31)32)29-22-10-7-20(24(27)15-22)6-5-18-1-3-19(16-28)4-2-18/h7-12,15,18-19,29H,1-6,13-14,16-17H2. The minimum Gasteiger partial charge on any atom is -0.318 e. The largest absolute Gasteiger partial charge is 0.318 e. The topological polar surface area (TPSA) is 35.6 Å². The first kappa shape index (κ1) is 23.4. The number of halogens is 3. The maximum atomic E-state index is 14.7. The second kappa shape index (κ2) is 10.9. The van der Waals surface area contributed by atoms with Gasteiger partial charge in [-0.25, -0.2) is 13.8 Å². The summed E-state index contributed by atoms with van der Waals surface area (Å²) in [6, 6.07) is 11.2. The lowest BCUT2D eigenvalue weighted by Crippen LogP contribution is -2.52. The Morgan fingerprint density at radius 3 is 2.34 bits per heavy atom. The van der Waals surface area contributed by atoms with Gasteiger partial charge in [0.1, 0.15) is 11.6 Å². The highest BCUT2D eigenvalue weighted by Gasteiger charge is 2.25. The molecule has 32 heavy (non-hydrogen) atoms. The summed E-state index contributed by atoms with van der Waals surface area (Å²) >= 11 is 2.48. The molecule has 4 rings (SSSR count). The first-order valence-corrected chi connectivity index (χ1v) is 13.0. The average Bonchev–Trinajstić information content (AvgIpc) is 2.80. The molecule has 7 heteroatoms. The molecule has 1 heterocycles. The van der Waals surface area contributed by atoms with Gasteiger partial charge in [-0.1, -0.05) is 41.5 Å². The van der Waals surface area contributed by atoms with E-state index >= 15 is 0 Å². The van der Waals surface area contributed by atoms with Crippen molar-refractivity contribution in [2.24, 2.45) is 11.8 Å². The number of carbonyl (C=O) groups excluding carboxylic acids is 1. The zero-order valence-electron chi connectivity index (χ0n) is 18.2. The molecule has 1 amide bonds. The molecule has 0 radical (unpaired) electrons. The van der Waals surface area contributed by atoms with Crippen LogP contribution in [-0.2, 0) is 11.2 Å². The molecule has 1 saturated carbocycles. The van der Waals surface area contributed by atoms with Crippen molar-refractivity contribution >= 4 is 39.9 Å². The van der Waals surface area contributed by atoms with E-state index in [-0.39, 0.29) is 24.1 Å². The summed E-state index contributed by atoms with van der Waals surface area (Å²) in [5.41, 5.74) is 5.27. The fraction of sp³-hybridized carbons (Fsp3) is 0.480. The Balaban J connectivity index is 1.27. The maximum Gasteiger partial charge on any atom is 0.243 e. The van der Waals surface area contributed by atoms with Gasteiger partial charge in [0.05, 0.1) is 12.2 Å². The SMILES string of the molecule is O=C1CN(Nc2ccc(CCC3CCC(CI)CC3)c(F)c2)CCN1c1ccc(F)cc1. The lowest BCUT2D eigenvalue weighted by molar-refractivity contribution is -0.120. The number of rotatable bonds is 7. The van der Waals surface area contributed by atoms with Gasteiger partial charge >= 0.3 is 0 Å². The number of hydrazine groups is 1. The van der Waals surface area contributed by atoms with Gasteiger partial charge in [-0.15, -0.1) is 0 Å². The number of nitrogens with one attached hydrogen (secondary N) is 1. The van der Waals surface area contributed by atoms with Crippen LogP contribution in [0, 0.1) is 23.5 Å². The summed E-state index contributed by atoms with van der Waals surface area (Å²) in [6.45, 7) is 1.24. The molecule has 2 fully saturated rings. The van der Waals surface area contributed by atoms with E-state index in [4.69, 9.17) is 0 Å². The van der Waals surface area contributed by atoms with Gasteiger partial charge in [0.25, 0.3) is 0 Å². The Hall–Kier alpha value is -1.74. The first-order valence-electron chi connectivity index (χ1n) is 11.4. The van der Waals surface area contributed by atoms with E-state index in [2.05, 4.69) is 28.0 Å². The summed E-state index contributed by atoms with van der Waals surface area (Å²) in [7, 11) is 0. The van der Waals surface area contributed by atoms with Crippen LogP contribution >= 0.6 is 22.6 Å². The molecule has 0 atom stereocenters. The van der Waals surface area contributed by atoms with Crippen LogP contribution in [-0.4, -0.2) is 35.0 Å². The summed E-state index contributed by atoms with van der Waals surface area (Å²) in [6.07, 6.45) is 7.00. The van der Waals surface area contributed by atoms with Gasteiger partial charge in [0.2, 0.25) is 5.91 Å². The van der Waals surface area contributed by atoms with Crippen molar-refractivity contribution < 1.29 is 13.6 Å². The van der Waals surface area contributed by atoms with E-state index in [1.54, 1.807) is 22.0 Å². The zero-order chi connectivity index (χ0) is 22.5. The summed E-state index contributed by atoms with van der Waals surface area (Å²) in [5.74, 6) is 1.00. The number of carbonyl (C=O) groups is 1. The second-order valence-electron chi connectivity index (χ2n) is 8.94. The number of anilines is 2. The third-order valence-corrected chi connectivity index (χ3v) is 7.95. The average molecular weight is 553 g/mol. The molecule has 0 bridgehead atoms. The monoisotopic (exact) mass is 553 g/mol. The summed E-state index contributed by atoms with van der Waals surface area (Å²) < 4.78 is 29.1. The fourth-order valence-corrected chi connectivity index (χ4v) is 5.58. The van der Waals surface area contributed by atoms with Crippen molar-refractivity contribution in [1.82, 2.24) is 5.01 Å².